The van der Waals surface area contributed by atoms with Crippen LogP contribution in [0, 0.1) is 0 Å². The highest BCUT2D eigenvalue weighted by atomic mass is 32.2. The van der Waals surface area contributed by atoms with Crippen LogP contribution >= 0.6 is 11.8 Å². The quantitative estimate of drug-likeness (QED) is 0.824. The summed E-state index contributed by atoms with van der Waals surface area (Å²) in [7, 11) is 3.31. The van der Waals surface area contributed by atoms with E-state index in [1.54, 1.807) is 14.2 Å². The third kappa shape index (κ3) is 2.44. The molecule has 5 heteroatoms. The number of carbonyl (C=O) groups is 1. The van der Waals surface area contributed by atoms with Crippen LogP contribution in [0.2, 0.25) is 0 Å². The summed E-state index contributed by atoms with van der Waals surface area (Å²) in [5, 5.41) is 5.33. The van der Waals surface area contributed by atoms with Crippen LogP contribution in [-0.2, 0) is 4.79 Å². The van der Waals surface area contributed by atoms with Crippen LogP contribution in [0.25, 0.3) is 0 Å². The van der Waals surface area contributed by atoms with Crippen LogP contribution in [0.5, 0.6) is 5.75 Å². The Morgan fingerprint density at radius 3 is 2.47 bits per heavy atom. The second kappa shape index (κ2) is 4.79. The van der Waals surface area contributed by atoms with Gasteiger partial charge in [-0.15, -0.1) is 11.8 Å². The fraction of sp³-hybridized carbons (Fsp3) is 0.333. The molecule has 1 amide bonds. The number of carbonyl (C=O) groups excluding carboxylic acids is 1. The van der Waals surface area contributed by atoms with Gasteiger partial charge in [-0.2, -0.15) is 5.10 Å². The summed E-state index contributed by atoms with van der Waals surface area (Å²) in [6, 6.07) is 7.67. The van der Waals surface area contributed by atoms with Crippen LogP contribution in [0.1, 0.15) is 6.92 Å². The van der Waals surface area contributed by atoms with Gasteiger partial charge in [-0.25, -0.2) is 5.01 Å². The summed E-state index contributed by atoms with van der Waals surface area (Å²) in [5.74, 6) is 0.845. The first-order valence-electron chi connectivity index (χ1n) is 5.25. The molecule has 0 bridgehead atoms. The lowest BCUT2D eigenvalue weighted by Gasteiger charge is -2.10. The molecule has 0 N–H and O–H groups in total. The van der Waals surface area contributed by atoms with Gasteiger partial charge < -0.3 is 4.74 Å². The number of hydrogen-bond donors (Lipinski definition) is 0. The molecule has 0 aromatic heterocycles. The normalized spacial score (nSPS) is 19.5. The molecule has 0 fully saturated rings. The molecule has 1 aromatic rings. The minimum absolute atomic E-state index is 0.0309. The van der Waals surface area contributed by atoms with Crippen molar-refractivity contribution in [3.63, 3.8) is 0 Å². The third-order valence-electron chi connectivity index (χ3n) is 2.54. The van der Waals surface area contributed by atoms with Gasteiger partial charge in [-0.3, -0.25) is 4.79 Å². The third-order valence-corrected chi connectivity index (χ3v) is 3.87. The maximum Gasteiger partial charge on any atom is 0.261 e. The summed E-state index contributed by atoms with van der Waals surface area (Å²) in [5.41, 5.74) is 0.846. The van der Waals surface area contributed by atoms with E-state index < -0.39 is 0 Å². The number of amides is 1. The highest BCUT2D eigenvalue weighted by molar-refractivity contribution is 8.01. The van der Waals surface area contributed by atoms with Gasteiger partial charge in [0.2, 0.25) is 0 Å². The molecule has 4 nitrogen and oxygen atoms in total. The highest BCUT2D eigenvalue weighted by Crippen LogP contribution is 2.29. The van der Waals surface area contributed by atoms with E-state index >= 15 is 0 Å². The molecule has 17 heavy (non-hydrogen) atoms. The number of ether oxygens (including phenoxy) is 1. The van der Waals surface area contributed by atoms with E-state index in [0.29, 0.717) is 0 Å². The smallest absolute Gasteiger partial charge is 0.261 e. The van der Waals surface area contributed by atoms with Crippen molar-refractivity contribution < 1.29 is 9.53 Å². The molecule has 1 aromatic carbocycles. The number of nitrogens with zero attached hydrogens (tertiary/aromatic N) is 2. The molecule has 0 radical (unpaired) electrons. The second-order valence-corrected chi connectivity index (χ2v) is 4.96. The minimum atomic E-state index is -0.201. The molecule has 2 rings (SSSR count). The number of thioether (sulfide) groups is 1. The van der Waals surface area contributed by atoms with Gasteiger partial charge in [-0.05, 0) is 31.2 Å². The minimum Gasteiger partial charge on any atom is -0.497 e. The molecule has 1 aliphatic rings. The van der Waals surface area contributed by atoms with Crippen LogP contribution in [0.3, 0.4) is 0 Å². The first-order valence-corrected chi connectivity index (χ1v) is 6.13. The Labute approximate surface area is 105 Å². The van der Waals surface area contributed by atoms with Crippen molar-refractivity contribution >= 4 is 23.4 Å². The zero-order valence-corrected chi connectivity index (χ0v) is 10.8. The fourth-order valence-electron chi connectivity index (χ4n) is 1.61. The average Bonchev–Trinajstić information content (AvgIpc) is 2.57. The Hall–Kier alpha value is -1.49. The first-order chi connectivity index (χ1) is 8.11. The van der Waals surface area contributed by atoms with Crippen molar-refractivity contribution in [2.24, 2.45) is 5.10 Å². The summed E-state index contributed by atoms with van der Waals surface area (Å²) in [6.07, 6.45) is 0. The van der Waals surface area contributed by atoms with E-state index in [2.05, 4.69) is 5.10 Å². The Morgan fingerprint density at radius 1 is 1.35 bits per heavy atom. The Morgan fingerprint density at radius 2 is 2.00 bits per heavy atom. The maximum absolute atomic E-state index is 11.8. The van der Waals surface area contributed by atoms with Gasteiger partial charge in [0.15, 0.2) is 0 Å². The molecule has 1 aliphatic heterocycles. The van der Waals surface area contributed by atoms with Gasteiger partial charge in [0.25, 0.3) is 5.91 Å². The van der Waals surface area contributed by atoms with Gasteiger partial charge in [0, 0.05) is 11.9 Å². The molecule has 0 saturated heterocycles. The van der Waals surface area contributed by atoms with Gasteiger partial charge in [0.1, 0.15) is 11.0 Å². The molecule has 1 atom stereocenters. The zero-order valence-electron chi connectivity index (χ0n) is 10.0. The summed E-state index contributed by atoms with van der Waals surface area (Å²) in [6.45, 7) is 1.88. The standard InChI is InChI=1S/C12H14N2O2S/c1-8-11(12(15)14(2)13-8)17-10-6-4-9(16-3)5-7-10/h4-7,11H,1-3H3. The molecule has 90 valence electrons. The van der Waals surface area contributed by atoms with Crippen molar-refractivity contribution in [3.05, 3.63) is 24.3 Å². The molecule has 0 aliphatic carbocycles. The van der Waals surface area contributed by atoms with E-state index in [1.165, 1.54) is 16.8 Å². The number of rotatable bonds is 3. The number of benzene rings is 1. The van der Waals surface area contributed by atoms with Crippen LogP contribution in [-0.4, -0.2) is 36.0 Å². The van der Waals surface area contributed by atoms with Crippen LogP contribution in [0.15, 0.2) is 34.3 Å². The van der Waals surface area contributed by atoms with Gasteiger partial charge >= 0.3 is 0 Å². The number of hydrazone groups is 1. The van der Waals surface area contributed by atoms with Gasteiger partial charge in [0.05, 0.1) is 12.8 Å². The Kier molecular flexibility index (Phi) is 3.38. The fourth-order valence-corrected chi connectivity index (χ4v) is 2.65. The van der Waals surface area contributed by atoms with Crippen molar-refractivity contribution in [2.45, 2.75) is 17.1 Å². The Bertz CT molecular complexity index is 456. The van der Waals surface area contributed by atoms with E-state index in [4.69, 9.17) is 4.74 Å². The second-order valence-electron chi connectivity index (χ2n) is 3.78. The lowest BCUT2D eigenvalue weighted by Crippen LogP contribution is -2.26. The molecule has 1 heterocycles. The van der Waals surface area contributed by atoms with E-state index in [0.717, 1.165) is 16.4 Å². The largest absolute Gasteiger partial charge is 0.497 e. The van der Waals surface area contributed by atoms with E-state index in [-0.39, 0.29) is 11.2 Å². The summed E-state index contributed by atoms with van der Waals surface area (Å²) >= 11 is 1.51. The molecule has 1 unspecified atom stereocenters. The lowest BCUT2D eigenvalue weighted by atomic mass is 10.3. The highest BCUT2D eigenvalue weighted by Gasteiger charge is 2.31. The average molecular weight is 250 g/mol. The van der Waals surface area contributed by atoms with Crippen molar-refractivity contribution in [2.75, 3.05) is 14.2 Å². The molecular formula is C12H14N2O2S. The zero-order chi connectivity index (χ0) is 12.4. The lowest BCUT2D eigenvalue weighted by molar-refractivity contribution is -0.126. The SMILES string of the molecule is COc1ccc(SC2C(=O)N(C)N=C2C)cc1. The van der Waals surface area contributed by atoms with Crippen molar-refractivity contribution in [1.82, 2.24) is 5.01 Å². The molecule has 0 spiro atoms. The first kappa shape index (κ1) is 12.0. The summed E-state index contributed by atoms with van der Waals surface area (Å²) < 4.78 is 5.09. The predicted octanol–water partition coefficient (Wildman–Crippen LogP) is 2.00. The van der Waals surface area contributed by atoms with Crippen LogP contribution in [0.4, 0.5) is 0 Å². The maximum atomic E-state index is 11.8. The number of hydrogen-bond acceptors (Lipinski definition) is 4. The van der Waals surface area contributed by atoms with E-state index in [9.17, 15) is 4.79 Å². The van der Waals surface area contributed by atoms with Crippen LogP contribution < -0.4 is 4.74 Å². The van der Waals surface area contributed by atoms with E-state index in [1.807, 2.05) is 31.2 Å². The monoisotopic (exact) mass is 250 g/mol. The predicted molar refractivity (Wildman–Crippen MR) is 68.5 cm³/mol. The molecule has 0 saturated carbocycles. The Balaban J connectivity index is 2.10. The topological polar surface area (TPSA) is 41.9 Å². The van der Waals surface area contributed by atoms with Crippen molar-refractivity contribution in [1.29, 1.82) is 0 Å². The van der Waals surface area contributed by atoms with Crippen molar-refractivity contribution in [3.8, 4) is 5.75 Å². The summed E-state index contributed by atoms with van der Waals surface area (Å²) in [4.78, 5) is 12.8. The van der Waals surface area contributed by atoms with Gasteiger partial charge in [-0.1, -0.05) is 0 Å². The molecular weight excluding hydrogens is 236 g/mol. The number of methoxy groups -OCH3 is 1.